The van der Waals surface area contributed by atoms with Crippen LogP contribution in [-0.4, -0.2) is 48.4 Å². The van der Waals surface area contributed by atoms with Gasteiger partial charge in [-0.1, -0.05) is 19.9 Å². The Hall–Kier alpha value is -1.56. The maximum Gasteiger partial charge on any atom is 0.417 e. The summed E-state index contributed by atoms with van der Waals surface area (Å²) < 4.78 is 39.7. The maximum absolute atomic E-state index is 13.2. The summed E-state index contributed by atoms with van der Waals surface area (Å²) in [5.41, 5.74) is -0.482. The van der Waals surface area contributed by atoms with Gasteiger partial charge in [0.1, 0.15) is 0 Å². The Morgan fingerprint density at radius 1 is 1.14 bits per heavy atom. The monoisotopic (exact) mass is 314 g/mol. The Labute approximate surface area is 128 Å². The number of hydrogen-bond acceptors (Lipinski definition) is 2. The van der Waals surface area contributed by atoms with E-state index >= 15 is 0 Å². The molecule has 0 aromatic heterocycles. The van der Waals surface area contributed by atoms with Gasteiger partial charge >= 0.3 is 6.18 Å². The summed E-state index contributed by atoms with van der Waals surface area (Å²) in [6.07, 6.45) is -4.01. The van der Waals surface area contributed by atoms with E-state index in [0.717, 1.165) is 12.6 Å². The van der Waals surface area contributed by atoms with Crippen LogP contribution in [-0.2, 0) is 12.6 Å². The third kappa shape index (κ3) is 3.61. The van der Waals surface area contributed by atoms with E-state index in [2.05, 4.69) is 4.90 Å². The van der Waals surface area contributed by atoms with Gasteiger partial charge in [0.05, 0.1) is 11.1 Å². The molecule has 1 fully saturated rings. The van der Waals surface area contributed by atoms with Crippen molar-refractivity contribution in [1.82, 2.24) is 9.80 Å². The highest BCUT2D eigenvalue weighted by molar-refractivity contribution is 5.96. The second-order valence-electron chi connectivity index (χ2n) is 5.46. The number of carbonyl (C=O) groups is 1. The molecular weight excluding hydrogens is 293 g/mol. The third-order valence-corrected chi connectivity index (χ3v) is 4.13. The minimum absolute atomic E-state index is 0.241. The molecule has 6 heteroatoms. The number of nitrogens with zero attached hydrogens (tertiary/aromatic N) is 2. The van der Waals surface area contributed by atoms with Crippen LogP contribution in [0.5, 0.6) is 0 Å². The Morgan fingerprint density at radius 2 is 1.77 bits per heavy atom. The van der Waals surface area contributed by atoms with Gasteiger partial charge in [0.15, 0.2) is 0 Å². The predicted octanol–water partition coefficient (Wildman–Crippen LogP) is 3.05. The lowest BCUT2D eigenvalue weighted by Gasteiger charge is -2.34. The minimum atomic E-state index is -4.51. The van der Waals surface area contributed by atoms with Gasteiger partial charge in [0.2, 0.25) is 0 Å². The molecule has 1 aliphatic heterocycles. The highest BCUT2D eigenvalue weighted by Gasteiger charge is 2.36. The van der Waals surface area contributed by atoms with Crippen molar-refractivity contribution in [2.75, 3.05) is 32.7 Å². The second kappa shape index (κ2) is 6.69. The van der Waals surface area contributed by atoms with Gasteiger partial charge in [-0.3, -0.25) is 4.79 Å². The Morgan fingerprint density at radius 3 is 2.27 bits per heavy atom. The molecule has 22 heavy (non-hydrogen) atoms. The Balaban J connectivity index is 2.26. The first kappa shape index (κ1) is 16.8. The summed E-state index contributed by atoms with van der Waals surface area (Å²) in [7, 11) is 0. The number of benzene rings is 1. The van der Waals surface area contributed by atoms with Crippen LogP contribution in [0.25, 0.3) is 0 Å². The van der Waals surface area contributed by atoms with Crippen LogP contribution in [0.4, 0.5) is 13.2 Å². The SMILES string of the molecule is CCc1ccc(C(=O)N2CCN(CC)CC2)c(C(F)(F)F)c1. The molecule has 0 aliphatic carbocycles. The van der Waals surface area contributed by atoms with Crippen molar-refractivity contribution in [3.8, 4) is 0 Å². The average molecular weight is 314 g/mol. The lowest BCUT2D eigenvalue weighted by Crippen LogP contribution is -2.48. The number of hydrogen-bond donors (Lipinski definition) is 0. The van der Waals surface area contributed by atoms with Gasteiger partial charge in [0, 0.05) is 26.2 Å². The molecule has 0 unspecified atom stereocenters. The largest absolute Gasteiger partial charge is 0.417 e. The lowest BCUT2D eigenvalue weighted by atomic mass is 10.0. The van der Waals surface area contributed by atoms with Gasteiger partial charge < -0.3 is 9.80 Å². The molecule has 0 N–H and O–H groups in total. The third-order valence-electron chi connectivity index (χ3n) is 4.13. The molecule has 1 amide bonds. The number of carbonyl (C=O) groups excluding carboxylic acids is 1. The van der Waals surface area contributed by atoms with Crippen LogP contribution in [0.3, 0.4) is 0 Å². The second-order valence-corrected chi connectivity index (χ2v) is 5.46. The summed E-state index contributed by atoms with van der Waals surface area (Å²) in [5.74, 6) is -0.522. The first-order valence-electron chi connectivity index (χ1n) is 7.58. The number of piperazine rings is 1. The van der Waals surface area contributed by atoms with E-state index in [1.54, 1.807) is 13.0 Å². The van der Waals surface area contributed by atoms with Crippen molar-refractivity contribution >= 4 is 5.91 Å². The summed E-state index contributed by atoms with van der Waals surface area (Å²) in [6.45, 7) is 7.07. The van der Waals surface area contributed by atoms with Crippen LogP contribution in [0, 0.1) is 0 Å². The smallest absolute Gasteiger partial charge is 0.336 e. The number of likely N-dealkylation sites (N-methyl/N-ethyl adjacent to an activating group) is 1. The van der Waals surface area contributed by atoms with Crippen LogP contribution in [0.2, 0.25) is 0 Å². The summed E-state index contributed by atoms with van der Waals surface area (Å²) in [5, 5.41) is 0. The summed E-state index contributed by atoms with van der Waals surface area (Å²) in [6, 6.07) is 4.01. The average Bonchev–Trinajstić information content (AvgIpc) is 2.53. The van der Waals surface area contributed by atoms with Gasteiger partial charge in [-0.25, -0.2) is 0 Å². The van der Waals surface area contributed by atoms with Gasteiger partial charge in [-0.15, -0.1) is 0 Å². The predicted molar refractivity (Wildman–Crippen MR) is 78.8 cm³/mol. The van der Waals surface area contributed by atoms with Crippen LogP contribution >= 0.6 is 0 Å². The van der Waals surface area contributed by atoms with Crippen molar-refractivity contribution in [2.24, 2.45) is 0 Å². The highest BCUT2D eigenvalue weighted by Crippen LogP contribution is 2.33. The molecule has 1 saturated heterocycles. The van der Waals surface area contributed by atoms with Crippen LogP contribution < -0.4 is 0 Å². The fourth-order valence-electron chi connectivity index (χ4n) is 2.67. The standard InChI is InChI=1S/C16H21F3N2O/c1-3-12-5-6-13(14(11-12)16(17,18)19)15(22)21-9-7-20(4-2)8-10-21/h5-6,11H,3-4,7-10H2,1-2H3. The molecule has 1 heterocycles. The van der Waals surface area contributed by atoms with Gasteiger partial charge in [-0.2, -0.15) is 13.2 Å². The van der Waals surface area contributed by atoms with Gasteiger partial charge in [-0.05, 0) is 30.7 Å². The van der Waals surface area contributed by atoms with E-state index in [1.807, 2.05) is 6.92 Å². The van der Waals surface area contributed by atoms with E-state index in [0.29, 0.717) is 38.2 Å². The molecule has 0 spiro atoms. The quantitative estimate of drug-likeness (QED) is 0.856. The molecule has 0 atom stereocenters. The molecule has 122 valence electrons. The zero-order valence-electron chi connectivity index (χ0n) is 12.9. The van der Waals surface area contributed by atoms with Crippen molar-refractivity contribution in [1.29, 1.82) is 0 Å². The molecule has 0 bridgehead atoms. The Bertz CT molecular complexity index is 535. The summed E-state index contributed by atoms with van der Waals surface area (Å²) in [4.78, 5) is 16.2. The fourth-order valence-corrected chi connectivity index (χ4v) is 2.67. The number of halogens is 3. The van der Waals surface area contributed by atoms with Crippen LogP contribution in [0.1, 0.15) is 35.3 Å². The normalized spacial score (nSPS) is 16.9. The van der Waals surface area contributed by atoms with Gasteiger partial charge in [0.25, 0.3) is 5.91 Å². The van der Waals surface area contributed by atoms with E-state index < -0.39 is 17.6 Å². The van der Waals surface area contributed by atoms with E-state index in [9.17, 15) is 18.0 Å². The molecule has 2 rings (SSSR count). The number of aryl methyl sites for hydroxylation is 1. The number of alkyl halides is 3. The highest BCUT2D eigenvalue weighted by atomic mass is 19.4. The zero-order valence-corrected chi connectivity index (χ0v) is 12.9. The van der Waals surface area contributed by atoms with Crippen molar-refractivity contribution in [2.45, 2.75) is 26.4 Å². The molecule has 1 aromatic carbocycles. The van der Waals surface area contributed by atoms with Crippen molar-refractivity contribution < 1.29 is 18.0 Å². The molecule has 3 nitrogen and oxygen atoms in total. The molecule has 0 saturated carbocycles. The lowest BCUT2D eigenvalue weighted by molar-refractivity contribution is -0.138. The van der Waals surface area contributed by atoms with E-state index in [-0.39, 0.29) is 5.56 Å². The molecule has 1 aromatic rings. The fraction of sp³-hybridized carbons (Fsp3) is 0.562. The number of amides is 1. The molecular formula is C16H21F3N2O. The first-order valence-corrected chi connectivity index (χ1v) is 7.58. The molecule has 1 aliphatic rings. The minimum Gasteiger partial charge on any atom is -0.336 e. The molecule has 0 radical (unpaired) electrons. The van der Waals surface area contributed by atoms with Crippen molar-refractivity contribution in [3.63, 3.8) is 0 Å². The zero-order chi connectivity index (χ0) is 16.3. The van der Waals surface area contributed by atoms with Crippen molar-refractivity contribution in [3.05, 3.63) is 34.9 Å². The Kier molecular flexibility index (Phi) is 5.11. The maximum atomic E-state index is 13.2. The summed E-state index contributed by atoms with van der Waals surface area (Å²) >= 11 is 0. The number of rotatable bonds is 3. The topological polar surface area (TPSA) is 23.6 Å². The van der Waals surface area contributed by atoms with E-state index in [1.165, 1.54) is 11.0 Å². The van der Waals surface area contributed by atoms with E-state index in [4.69, 9.17) is 0 Å². The van der Waals surface area contributed by atoms with Crippen LogP contribution in [0.15, 0.2) is 18.2 Å². The first-order chi connectivity index (χ1) is 10.4.